The van der Waals surface area contributed by atoms with Crippen molar-refractivity contribution in [3.8, 4) is 5.75 Å². The molecule has 2 aromatic carbocycles. The number of carbonyl (C=O) groups is 3. The van der Waals surface area contributed by atoms with E-state index in [1.165, 1.54) is 22.2 Å². The number of amides is 2. The Kier molecular flexibility index (Phi) is 5.97. The van der Waals surface area contributed by atoms with Crippen molar-refractivity contribution in [1.82, 2.24) is 0 Å². The van der Waals surface area contributed by atoms with Crippen LogP contribution in [0.5, 0.6) is 5.75 Å². The number of esters is 1. The van der Waals surface area contributed by atoms with Gasteiger partial charge < -0.3 is 9.84 Å². The number of rotatable bonds is 6. The van der Waals surface area contributed by atoms with Crippen LogP contribution in [0.15, 0.2) is 66.2 Å². The number of hydrazine groups is 1. The van der Waals surface area contributed by atoms with Crippen molar-refractivity contribution in [2.45, 2.75) is 20.3 Å². The van der Waals surface area contributed by atoms with Crippen molar-refractivity contribution in [2.24, 2.45) is 5.92 Å². The number of allylic oxidation sites excluding steroid dienone is 1. The molecule has 1 aliphatic heterocycles. The lowest BCUT2D eigenvalue weighted by Crippen LogP contribution is -2.41. The maximum Gasteiger partial charge on any atom is 0.333 e. The molecule has 0 bridgehead atoms. The number of carbonyl (C=O) groups excluding carboxylic acids is 3. The van der Waals surface area contributed by atoms with Crippen molar-refractivity contribution in [3.05, 3.63) is 66.2 Å². The fourth-order valence-corrected chi connectivity index (χ4v) is 3.07. The monoisotopic (exact) mass is 394 g/mol. The average Bonchev–Trinajstić information content (AvgIpc) is 2.97. The normalized spacial score (nSPS) is 17.0. The van der Waals surface area contributed by atoms with E-state index in [4.69, 9.17) is 4.74 Å². The smallest absolute Gasteiger partial charge is 0.333 e. The van der Waals surface area contributed by atoms with Crippen LogP contribution in [-0.2, 0) is 19.1 Å². The molecule has 7 nitrogen and oxygen atoms in total. The van der Waals surface area contributed by atoms with Crippen LogP contribution in [0, 0.1) is 5.92 Å². The Bertz CT molecular complexity index is 937. The van der Waals surface area contributed by atoms with E-state index in [2.05, 4.69) is 0 Å². The van der Waals surface area contributed by atoms with Crippen molar-refractivity contribution < 1.29 is 24.2 Å². The minimum Gasteiger partial charge on any atom is -0.508 e. The Morgan fingerprint density at radius 3 is 2.10 bits per heavy atom. The van der Waals surface area contributed by atoms with Gasteiger partial charge in [-0.2, -0.15) is 0 Å². The predicted molar refractivity (Wildman–Crippen MR) is 108 cm³/mol. The molecule has 2 amide bonds. The molecule has 1 atom stereocenters. The summed E-state index contributed by atoms with van der Waals surface area (Å²) in [7, 11) is 0. The minimum atomic E-state index is -0.964. The first-order valence-corrected chi connectivity index (χ1v) is 9.29. The van der Waals surface area contributed by atoms with Gasteiger partial charge in [-0.3, -0.25) is 9.59 Å². The topological polar surface area (TPSA) is 87.2 Å². The van der Waals surface area contributed by atoms with Crippen LogP contribution in [-0.4, -0.2) is 29.5 Å². The Hall–Kier alpha value is -3.61. The third kappa shape index (κ3) is 4.13. The molecule has 0 radical (unpaired) electrons. The van der Waals surface area contributed by atoms with Gasteiger partial charge in [-0.05, 0) is 56.7 Å². The molecule has 1 aliphatic rings. The molecule has 0 spiro atoms. The molecular weight excluding hydrogens is 372 g/mol. The van der Waals surface area contributed by atoms with Crippen LogP contribution < -0.4 is 10.0 Å². The second-order valence-electron chi connectivity index (χ2n) is 6.55. The summed E-state index contributed by atoms with van der Waals surface area (Å²) in [6, 6.07) is 14.9. The summed E-state index contributed by atoms with van der Waals surface area (Å²) in [5, 5.41) is 12.2. The molecule has 0 saturated carbocycles. The quantitative estimate of drug-likeness (QED) is 0.462. The summed E-state index contributed by atoms with van der Waals surface area (Å²) in [5.74, 6) is -2.17. The van der Waals surface area contributed by atoms with Gasteiger partial charge >= 0.3 is 5.97 Å². The first-order chi connectivity index (χ1) is 13.9. The van der Waals surface area contributed by atoms with Gasteiger partial charge in [-0.25, -0.2) is 14.8 Å². The SMILES string of the molecule is CCOC(=O)/C(C)=C/CC1C(=O)N(c2ccccc2)N(c2ccc(O)cc2)C1=O. The maximum absolute atomic E-state index is 13.1. The number of hydrogen-bond donors (Lipinski definition) is 1. The maximum atomic E-state index is 13.1. The Labute approximate surface area is 168 Å². The van der Waals surface area contributed by atoms with Gasteiger partial charge in [0.1, 0.15) is 11.7 Å². The molecule has 1 fully saturated rings. The first kappa shape index (κ1) is 20.1. The number of ether oxygens (including phenoxy) is 1. The number of para-hydroxylation sites is 1. The number of benzene rings is 2. The predicted octanol–water partition coefficient (Wildman–Crippen LogP) is 3.20. The van der Waals surface area contributed by atoms with E-state index in [0.29, 0.717) is 16.9 Å². The molecule has 1 unspecified atom stereocenters. The van der Waals surface area contributed by atoms with Crippen LogP contribution in [0.25, 0.3) is 0 Å². The van der Waals surface area contributed by atoms with E-state index in [1.54, 1.807) is 56.3 Å². The molecule has 1 N–H and O–H groups in total. The summed E-state index contributed by atoms with van der Waals surface area (Å²) in [6.07, 6.45) is 1.64. The summed E-state index contributed by atoms with van der Waals surface area (Å²) in [4.78, 5) is 38.1. The van der Waals surface area contributed by atoms with E-state index < -0.39 is 17.8 Å². The van der Waals surface area contributed by atoms with Crippen LogP contribution in [0.2, 0.25) is 0 Å². The number of anilines is 2. The zero-order valence-electron chi connectivity index (χ0n) is 16.2. The Morgan fingerprint density at radius 1 is 1.00 bits per heavy atom. The molecule has 0 aliphatic carbocycles. The highest BCUT2D eigenvalue weighted by Gasteiger charge is 2.46. The van der Waals surface area contributed by atoms with Crippen molar-refractivity contribution >= 4 is 29.2 Å². The van der Waals surface area contributed by atoms with Crippen molar-refractivity contribution in [2.75, 3.05) is 16.6 Å². The fraction of sp³-hybridized carbons (Fsp3) is 0.227. The van der Waals surface area contributed by atoms with E-state index in [1.807, 2.05) is 6.07 Å². The largest absolute Gasteiger partial charge is 0.508 e. The summed E-state index contributed by atoms with van der Waals surface area (Å²) >= 11 is 0. The summed E-state index contributed by atoms with van der Waals surface area (Å²) < 4.78 is 4.94. The molecular formula is C22H22N2O5. The molecule has 1 heterocycles. The molecule has 29 heavy (non-hydrogen) atoms. The molecule has 150 valence electrons. The van der Waals surface area contributed by atoms with Crippen molar-refractivity contribution in [1.29, 1.82) is 0 Å². The average molecular weight is 394 g/mol. The van der Waals surface area contributed by atoms with Gasteiger partial charge in [0.25, 0.3) is 11.8 Å². The highest BCUT2D eigenvalue weighted by Crippen LogP contribution is 2.34. The minimum absolute atomic E-state index is 0.0579. The summed E-state index contributed by atoms with van der Waals surface area (Å²) in [5.41, 5.74) is 1.35. The van der Waals surface area contributed by atoms with E-state index in [0.717, 1.165) is 0 Å². The number of hydrogen-bond acceptors (Lipinski definition) is 5. The number of nitrogens with zero attached hydrogens (tertiary/aromatic N) is 2. The van der Waals surface area contributed by atoms with Crippen LogP contribution in [0.3, 0.4) is 0 Å². The summed E-state index contributed by atoms with van der Waals surface area (Å²) in [6.45, 7) is 3.55. The lowest BCUT2D eigenvalue weighted by molar-refractivity contribution is -0.138. The lowest BCUT2D eigenvalue weighted by atomic mass is 10.0. The van der Waals surface area contributed by atoms with Gasteiger partial charge in [0.05, 0.1) is 18.0 Å². The standard InChI is InChI=1S/C22H22N2O5/c1-3-29-22(28)15(2)9-14-19-20(26)23(16-7-5-4-6-8-16)24(21(19)27)17-10-12-18(25)13-11-17/h4-13,19,25H,3,14H2,1-2H3/b15-9+. The highest BCUT2D eigenvalue weighted by atomic mass is 16.5. The number of phenols is 1. The van der Waals surface area contributed by atoms with Crippen LogP contribution >= 0.6 is 0 Å². The first-order valence-electron chi connectivity index (χ1n) is 9.29. The van der Waals surface area contributed by atoms with Gasteiger partial charge in [0.2, 0.25) is 0 Å². The third-order valence-corrected chi connectivity index (χ3v) is 4.57. The van der Waals surface area contributed by atoms with Crippen molar-refractivity contribution in [3.63, 3.8) is 0 Å². The van der Waals surface area contributed by atoms with Gasteiger partial charge in [0.15, 0.2) is 0 Å². The van der Waals surface area contributed by atoms with E-state index in [9.17, 15) is 19.5 Å². The van der Waals surface area contributed by atoms with Crippen LogP contribution in [0.4, 0.5) is 11.4 Å². The van der Waals surface area contributed by atoms with Gasteiger partial charge in [0, 0.05) is 5.57 Å². The number of aromatic hydroxyl groups is 1. The fourth-order valence-electron chi connectivity index (χ4n) is 3.07. The molecule has 3 rings (SSSR count). The lowest BCUT2D eigenvalue weighted by Gasteiger charge is -2.27. The van der Waals surface area contributed by atoms with Crippen LogP contribution in [0.1, 0.15) is 20.3 Å². The molecule has 1 saturated heterocycles. The van der Waals surface area contributed by atoms with E-state index >= 15 is 0 Å². The Balaban J connectivity index is 1.95. The number of phenolic OH excluding ortho intramolecular Hbond substituents is 1. The van der Waals surface area contributed by atoms with E-state index in [-0.39, 0.29) is 24.7 Å². The molecule has 0 aromatic heterocycles. The Morgan fingerprint density at radius 2 is 1.55 bits per heavy atom. The second-order valence-corrected chi connectivity index (χ2v) is 6.55. The molecule has 2 aromatic rings. The third-order valence-electron chi connectivity index (χ3n) is 4.57. The zero-order valence-corrected chi connectivity index (χ0v) is 16.2. The van der Waals surface area contributed by atoms with Gasteiger partial charge in [-0.15, -0.1) is 0 Å². The second kappa shape index (κ2) is 8.60. The van der Waals surface area contributed by atoms with Gasteiger partial charge in [-0.1, -0.05) is 24.3 Å². The zero-order chi connectivity index (χ0) is 21.0. The highest BCUT2D eigenvalue weighted by molar-refractivity contribution is 6.23. The molecule has 7 heteroatoms.